The Morgan fingerprint density at radius 3 is 2.75 bits per heavy atom. The van der Waals surface area contributed by atoms with E-state index < -0.39 is 17.8 Å². The Morgan fingerprint density at radius 2 is 1.96 bits per heavy atom. The standard InChI is InChI=1S/C20H18BrF3N2O2/c21-11-5-6-13-17(9-11)28-8-7-25-18(13)19(27)26-16-10-14(16)12-3-1-2-4-15(12)20(22,23)24/h1-6,9,14,16,18,25H,7-8,10H2,(H,26,27)/t14-,16+,18?/m0/s1. The number of nitrogens with one attached hydrogen (secondary N) is 2. The van der Waals surface area contributed by atoms with E-state index in [1.165, 1.54) is 12.1 Å². The number of carbonyl (C=O) groups is 1. The number of carbonyl (C=O) groups excluding carboxylic acids is 1. The fourth-order valence-electron chi connectivity index (χ4n) is 3.62. The van der Waals surface area contributed by atoms with Gasteiger partial charge in [-0.05, 0) is 30.2 Å². The third-order valence-corrected chi connectivity index (χ3v) is 5.53. The second-order valence-corrected chi connectivity index (χ2v) is 7.88. The van der Waals surface area contributed by atoms with Crippen molar-refractivity contribution in [3.63, 3.8) is 0 Å². The summed E-state index contributed by atoms with van der Waals surface area (Å²) >= 11 is 3.39. The minimum atomic E-state index is -4.40. The smallest absolute Gasteiger partial charge is 0.416 e. The van der Waals surface area contributed by atoms with Gasteiger partial charge in [-0.2, -0.15) is 13.2 Å². The molecule has 0 spiro atoms. The van der Waals surface area contributed by atoms with Crippen molar-refractivity contribution in [2.45, 2.75) is 30.6 Å². The van der Waals surface area contributed by atoms with E-state index in [2.05, 4.69) is 26.6 Å². The lowest BCUT2D eigenvalue weighted by atomic mass is 10.0. The van der Waals surface area contributed by atoms with E-state index in [0.717, 1.165) is 10.5 Å². The van der Waals surface area contributed by atoms with Gasteiger partial charge in [-0.1, -0.05) is 40.2 Å². The maximum atomic E-state index is 13.2. The molecule has 2 aromatic carbocycles. The molecule has 1 unspecified atom stereocenters. The quantitative estimate of drug-likeness (QED) is 0.731. The van der Waals surface area contributed by atoms with Crippen molar-refractivity contribution in [3.05, 3.63) is 63.6 Å². The Hall–Kier alpha value is -2.06. The third-order valence-electron chi connectivity index (χ3n) is 5.04. The molecule has 2 N–H and O–H groups in total. The summed E-state index contributed by atoms with van der Waals surface area (Å²) in [6, 6.07) is 10.1. The number of fused-ring (bicyclic) bond motifs is 1. The summed E-state index contributed by atoms with van der Waals surface area (Å²) in [6.45, 7) is 0.924. The van der Waals surface area contributed by atoms with E-state index in [9.17, 15) is 18.0 Å². The molecule has 1 saturated carbocycles. The Bertz CT molecular complexity index is 903. The van der Waals surface area contributed by atoms with E-state index in [0.29, 0.717) is 30.9 Å². The number of benzene rings is 2. The van der Waals surface area contributed by atoms with Crippen LogP contribution in [0.5, 0.6) is 5.75 Å². The molecule has 0 bridgehead atoms. The highest BCUT2D eigenvalue weighted by Gasteiger charge is 2.45. The van der Waals surface area contributed by atoms with Crippen LogP contribution in [0.15, 0.2) is 46.9 Å². The van der Waals surface area contributed by atoms with Gasteiger partial charge >= 0.3 is 6.18 Å². The van der Waals surface area contributed by atoms with Crippen molar-refractivity contribution >= 4 is 21.8 Å². The van der Waals surface area contributed by atoms with E-state index in [4.69, 9.17) is 4.74 Å². The van der Waals surface area contributed by atoms with Gasteiger partial charge in [0.1, 0.15) is 18.4 Å². The number of rotatable bonds is 3. The van der Waals surface area contributed by atoms with Gasteiger partial charge in [0.2, 0.25) is 5.91 Å². The molecule has 1 fully saturated rings. The van der Waals surface area contributed by atoms with E-state index >= 15 is 0 Å². The lowest BCUT2D eigenvalue weighted by Crippen LogP contribution is -2.39. The zero-order chi connectivity index (χ0) is 19.9. The Labute approximate surface area is 168 Å². The van der Waals surface area contributed by atoms with Crippen LogP contribution in [0.25, 0.3) is 0 Å². The fourth-order valence-corrected chi connectivity index (χ4v) is 3.96. The molecule has 148 valence electrons. The lowest BCUT2D eigenvalue weighted by Gasteiger charge is -2.18. The number of amides is 1. The van der Waals surface area contributed by atoms with Gasteiger partial charge in [0.05, 0.1) is 5.56 Å². The van der Waals surface area contributed by atoms with Crippen LogP contribution in [0.1, 0.15) is 35.1 Å². The van der Waals surface area contributed by atoms with Crippen LogP contribution in [-0.4, -0.2) is 25.1 Å². The molecule has 1 aliphatic carbocycles. The molecule has 28 heavy (non-hydrogen) atoms. The highest BCUT2D eigenvalue weighted by molar-refractivity contribution is 9.10. The van der Waals surface area contributed by atoms with Gasteiger partial charge in [-0.15, -0.1) is 0 Å². The molecule has 8 heteroatoms. The molecule has 1 amide bonds. The first-order chi connectivity index (χ1) is 13.3. The molecule has 1 aliphatic heterocycles. The summed E-state index contributed by atoms with van der Waals surface area (Å²) in [6.07, 6.45) is -3.91. The van der Waals surface area contributed by atoms with Gasteiger partial charge < -0.3 is 10.1 Å². The predicted molar refractivity (Wildman–Crippen MR) is 101 cm³/mol. The van der Waals surface area contributed by atoms with Gasteiger partial charge in [0.25, 0.3) is 0 Å². The van der Waals surface area contributed by atoms with Crippen molar-refractivity contribution in [1.29, 1.82) is 0 Å². The maximum Gasteiger partial charge on any atom is 0.416 e. The first kappa shape index (κ1) is 19.3. The summed E-state index contributed by atoms with van der Waals surface area (Å²) in [5.74, 6) is 0.0357. The molecule has 0 aromatic heterocycles. The number of hydrogen-bond acceptors (Lipinski definition) is 3. The van der Waals surface area contributed by atoms with Crippen LogP contribution >= 0.6 is 15.9 Å². The number of halogens is 4. The van der Waals surface area contributed by atoms with Gasteiger partial charge in [0, 0.05) is 28.5 Å². The summed E-state index contributed by atoms with van der Waals surface area (Å²) in [5.41, 5.74) is 0.320. The molecule has 0 saturated heterocycles. The summed E-state index contributed by atoms with van der Waals surface area (Å²) in [7, 11) is 0. The fraction of sp³-hybridized carbons (Fsp3) is 0.350. The van der Waals surface area contributed by atoms with Crippen LogP contribution in [0.3, 0.4) is 0 Å². The van der Waals surface area contributed by atoms with Crippen molar-refractivity contribution in [2.24, 2.45) is 0 Å². The Morgan fingerprint density at radius 1 is 1.18 bits per heavy atom. The molecule has 0 radical (unpaired) electrons. The largest absolute Gasteiger partial charge is 0.492 e. The van der Waals surface area contributed by atoms with E-state index in [1.54, 1.807) is 6.07 Å². The SMILES string of the molecule is O=C(N[C@@H]1C[C@H]1c1ccccc1C(F)(F)F)C1NCCOc2cc(Br)ccc21. The number of alkyl halides is 3. The van der Waals surface area contributed by atoms with Crippen molar-refractivity contribution in [2.75, 3.05) is 13.2 Å². The highest BCUT2D eigenvalue weighted by atomic mass is 79.9. The van der Waals surface area contributed by atoms with Crippen molar-refractivity contribution in [1.82, 2.24) is 10.6 Å². The minimum absolute atomic E-state index is 0.238. The highest BCUT2D eigenvalue weighted by Crippen LogP contribution is 2.46. The predicted octanol–water partition coefficient (Wildman–Crippen LogP) is 4.16. The first-order valence-electron chi connectivity index (χ1n) is 8.96. The van der Waals surface area contributed by atoms with Crippen molar-refractivity contribution < 1.29 is 22.7 Å². The molecule has 2 aromatic rings. The van der Waals surface area contributed by atoms with Crippen LogP contribution in [-0.2, 0) is 11.0 Å². The molecule has 4 nitrogen and oxygen atoms in total. The van der Waals surface area contributed by atoms with E-state index in [-0.39, 0.29) is 23.4 Å². The van der Waals surface area contributed by atoms with Gasteiger partial charge in [-0.3, -0.25) is 10.1 Å². The van der Waals surface area contributed by atoms with Crippen LogP contribution < -0.4 is 15.4 Å². The lowest BCUT2D eigenvalue weighted by molar-refractivity contribution is -0.138. The van der Waals surface area contributed by atoms with Crippen LogP contribution in [0, 0.1) is 0 Å². The normalized spacial score (nSPS) is 23.9. The summed E-state index contributed by atoms with van der Waals surface area (Å²) < 4.78 is 46.3. The maximum absolute atomic E-state index is 13.2. The average Bonchev–Trinajstić information content (AvgIpc) is 3.43. The Balaban J connectivity index is 1.50. The second kappa shape index (κ2) is 7.40. The van der Waals surface area contributed by atoms with Crippen molar-refractivity contribution in [3.8, 4) is 5.75 Å². The van der Waals surface area contributed by atoms with Crippen LogP contribution in [0.2, 0.25) is 0 Å². The summed E-state index contributed by atoms with van der Waals surface area (Å²) in [4.78, 5) is 12.8. The second-order valence-electron chi connectivity index (χ2n) is 6.96. The third kappa shape index (κ3) is 3.89. The molecular weight excluding hydrogens is 437 g/mol. The van der Waals surface area contributed by atoms with Gasteiger partial charge in [0.15, 0.2) is 0 Å². The van der Waals surface area contributed by atoms with Crippen LogP contribution in [0.4, 0.5) is 13.2 Å². The monoisotopic (exact) mass is 454 g/mol. The minimum Gasteiger partial charge on any atom is -0.492 e. The van der Waals surface area contributed by atoms with Gasteiger partial charge in [-0.25, -0.2) is 0 Å². The summed E-state index contributed by atoms with van der Waals surface area (Å²) in [5, 5.41) is 6.05. The number of ether oxygens (including phenoxy) is 1. The molecular formula is C20H18BrF3N2O2. The molecule has 4 rings (SSSR count). The number of hydrogen-bond donors (Lipinski definition) is 2. The first-order valence-corrected chi connectivity index (χ1v) is 9.76. The molecule has 3 atom stereocenters. The molecule has 2 aliphatic rings. The zero-order valence-corrected chi connectivity index (χ0v) is 16.3. The topological polar surface area (TPSA) is 50.4 Å². The Kier molecular flexibility index (Phi) is 5.09. The zero-order valence-electron chi connectivity index (χ0n) is 14.7. The average molecular weight is 455 g/mol. The van der Waals surface area contributed by atoms with E-state index in [1.807, 2.05) is 18.2 Å². The molecule has 1 heterocycles.